The van der Waals surface area contributed by atoms with Gasteiger partial charge in [0.1, 0.15) is 17.0 Å². The smallest absolute Gasteiger partial charge is 0.142 e. The van der Waals surface area contributed by atoms with Crippen molar-refractivity contribution in [3.05, 3.63) is 64.2 Å². The Kier molecular flexibility index (Phi) is 4.86. The topological polar surface area (TPSA) is 55.6 Å². The van der Waals surface area contributed by atoms with Gasteiger partial charge in [0.2, 0.25) is 0 Å². The van der Waals surface area contributed by atoms with Gasteiger partial charge in [0.25, 0.3) is 0 Å². The molecule has 3 aromatic heterocycles. The summed E-state index contributed by atoms with van der Waals surface area (Å²) in [5.74, 6) is 1.63. The number of aryl methyl sites for hydroxylation is 2. The molecule has 0 amide bonds. The first-order valence-corrected chi connectivity index (χ1v) is 11.1. The van der Waals surface area contributed by atoms with Gasteiger partial charge in [-0.15, -0.1) is 11.3 Å². The quantitative estimate of drug-likeness (QED) is 0.427. The second-order valence-corrected chi connectivity index (χ2v) is 9.24. The van der Waals surface area contributed by atoms with Crippen molar-refractivity contribution in [3.63, 3.8) is 0 Å². The summed E-state index contributed by atoms with van der Waals surface area (Å²) in [4.78, 5) is 15.8. The van der Waals surface area contributed by atoms with Gasteiger partial charge < -0.3 is 9.88 Å². The van der Waals surface area contributed by atoms with Crippen LogP contribution in [0, 0.1) is 5.92 Å². The van der Waals surface area contributed by atoms with Crippen LogP contribution in [0.4, 0.5) is 11.5 Å². The number of rotatable bonds is 5. The average Bonchev–Trinajstić information content (AvgIpc) is 3.34. The Morgan fingerprint density at radius 2 is 2.25 bits per heavy atom. The second-order valence-electron chi connectivity index (χ2n) is 7.24. The zero-order valence-corrected chi connectivity index (χ0v) is 17.7. The number of imidazole rings is 1. The molecule has 0 radical (unpaired) electrons. The molecular weight excluding hydrogens is 434 g/mol. The van der Waals surface area contributed by atoms with Crippen molar-refractivity contribution in [2.45, 2.75) is 32.2 Å². The van der Waals surface area contributed by atoms with Gasteiger partial charge in [0.05, 0.1) is 11.7 Å². The zero-order chi connectivity index (χ0) is 18.9. The first-order valence-electron chi connectivity index (χ1n) is 9.50. The van der Waals surface area contributed by atoms with Crippen LogP contribution in [0.2, 0.25) is 0 Å². The van der Waals surface area contributed by atoms with Gasteiger partial charge in [-0.3, -0.25) is 0 Å². The number of hydrogen-bond acceptors (Lipinski definition) is 5. The van der Waals surface area contributed by atoms with Crippen LogP contribution in [-0.2, 0) is 19.4 Å². The average molecular weight is 454 g/mol. The number of nitrogens with one attached hydrogen (secondary N) is 1. The SMILES string of the molecule is Brc1cccc(Nc2ncnc3sc4c(c23)CCC(CCn2ccnc2)C4)c1. The van der Waals surface area contributed by atoms with Crippen molar-refractivity contribution in [1.29, 1.82) is 0 Å². The number of halogens is 1. The molecule has 1 aromatic carbocycles. The van der Waals surface area contributed by atoms with Crippen LogP contribution in [0.1, 0.15) is 23.3 Å². The third-order valence-corrected chi connectivity index (χ3v) is 7.05. The maximum Gasteiger partial charge on any atom is 0.142 e. The van der Waals surface area contributed by atoms with Crippen molar-refractivity contribution in [2.24, 2.45) is 5.92 Å². The van der Waals surface area contributed by atoms with Crippen molar-refractivity contribution < 1.29 is 0 Å². The molecule has 0 aliphatic heterocycles. The van der Waals surface area contributed by atoms with Crippen LogP contribution in [-0.4, -0.2) is 19.5 Å². The Morgan fingerprint density at radius 1 is 1.29 bits per heavy atom. The first-order chi connectivity index (χ1) is 13.8. The molecule has 5 nitrogen and oxygen atoms in total. The van der Waals surface area contributed by atoms with E-state index in [1.807, 2.05) is 42.2 Å². The fraction of sp³-hybridized carbons (Fsp3) is 0.286. The summed E-state index contributed by atoms with van der Waals surface area (Å²) in [5, 5.41) is 4.70. The summed E-state index contributed by atoms with van der Waals surface area (Å²) in [5.41, 5.74) is 2.47. The first kappa shape index (κ1) is 17.8. The highest BCUT2D eigenvalue weighted by molar-refractivity contribution is 9.10. The Bertz CT molecular complexity index is 1110. The predicted molar refractivity (Wildman–Crippen MR) is 117 cm³/mol. The third kappa shape index (κ3) is 3.56. The van der Waals surface area contributed by atoms with Gasteiger partial charge in [0, 0.05) is 34.0 Å². The summed E-state index contributed by atoms with van der Waals surface area (Å²) >= 11 is 5.37. The van der Waals surface area contributed by atoms with Crippen LogP contribution in [0.5, 0.6) is 0 Å². The molecule has 142 valence electrons. The number of thiophene rings is 1. The van der Waals surface area contributed by atoms with Crippen molar-refractivity contribution in [3.8, 4) is 0 Å². The molecular formula is C21H20BrN5S. The lowest BCUT2D eigenvalue weighted by Crippen LogP contribution is -2.14. The minimum Gasteiger partial charge on any atom is -0.340 e. The van der Waals surface area contributed by atoms with E-state index >= 15 is 0 Å². The van der Waals surface area contributed by atoms with E-state index in [-0.39, 0.29) is 0 Å². The highest BCUT2D eigenvalue weighted by Crippen LogP contribution is 2.41. The molecule has 0 saturated carbocycles. The van der Waals surface area contributed by atoms with E-state index in [4.69, 9.17) is 0 Å². The Hall–Kier alpha value is -2.25. The summed E-state index contributed by atoms with van der Waals surface area (Å²) in [6, 6.07) is 8.18. The van der Waals surface area contributed by atoms with Crippen molar-refractivity contribution in [2.75, 3.05) is 5.32 Å². The summed E-state index contributed by atoms with van der Waals surface area (Å²) in [6.07, 6.45) is 12.1. The van der Waals surface area contributed by atoms with E-state index in [0.717, 1.165) is 46.1 Å². The second kappa shape index (κ2) is 7.64. The van der Waals surface area contributed by atoms with Gasteiger partial charge >= 0.3 is 0 Å². The van der Waals surface area contributed by atoms with E-state index in [2.05, 4.69) is 52.9 Å². The van der Waals surface area contributed by atoms with Crippen molar-refractivity contribution in [1.82, 2.24) is 19.5 Å². The zero-order valence-electron chi connectivity index (χ0n) is 15.3. The normalized spacial score (nSPS) is 16.2. The number of benzene rings is 1. The number of aromatic nitrogens is 4. The summed E-state index contributed by atoms with van der Waals surface area (Å²) in [7, 11) is 0. The molecule has 1 atom stereocenters. The molecule has 28 heavy (non-hydrogen) atoms. The van der Waals surface area contributed by atoms with Crippen LogP contribution in [0.25, 0.3) is 10.2 Å². The molecule has 7 heteroatoms. The van der Waals surface area contributed by atoms with Crippen molar-refractivity contribution >= 4 is 49.0 Å². The van der Waals surface area contributed by atoms with Crippen LogP contribution in [0.15, 0.2) is 53.8 Å². The molecule has 3 heterocycles. The highest BCUT2D eigenvalue weighted by atomic mass is 79.9. The Labute approximate surface area is 176 Å². The predicted octanol–water partition coefficient (Wildman–Crippen LogP) is 5.59. The summed E-state index contributed by atoms with van der Waals surface area (Å²) < 4.78 is 3.22. The molecule has 0 spiro atoms. The van der Waals surface area contributed by atoms with Gasteiger partial charge in [-0.25, -0.2) is 15.0 Å². The van der Waals surface area contributed by atoms with Gasteiger partial charge in [0.15, 0.2) is 0 Å². The minimum absolute atomic E-state index is 0.720. The van der Waals surface area contributed by atoms with E-state index in [1.165, 1.54) is 28.7 Å². The molecule has 0 fully saturated rings. The molecule has 5 rings (SSSR count). The third-order valence-electron chi connectivity index (χ3n) is 5.39. The maximum absolute atomic E-state index is 4.56. The Balaban J connectivity index is 1.40. The number of anilines is 2. The maximum atomic E-state index is 4.56. The molecule has 1 aliphatic rings. The molecule has 1 aliphatic carbocycles. The fourth-order valence-corrected chi connectivity index (χ4v) is 5.67. The van der Waals surface area contributed by atoms with Gasteiger partial charge in [-0.05, 0) is 55.4 Å². The summed E-state index contributed by atoms with van der Waals surface area (Å²) in [6.45, 7) is 1.04. The van der Waals surface area contributed by atoms with E-state index in [0.29, 0.717) is 0 Å². The molecule has 1 N–H and O–H groups in total. The number of hydrogen-bond donors (Lipinski definition) is 1. The van der Waals surface area contributed by atoms with E-state index in [1.54, 1.807) is 6.33 Å². The molecule has 4 aromatic rings. The number of nitrogens with zero attached hydrogens (tertiary/aromatic N) is 4. The monoisotopic (exact) mass is 453 g/mol. The van der Waals surface area contributed by atoms with E-state index < -0.39 is 0 Å². The standard InChI is InChI=1S/C21H20BrN5S/c22-15-2-1-3-16(11-15)26-20-19-17-5-4-14(6-8-27-9-7-23-13-27)10-18(17)28-21(19)25-12-24-20/h1-3,7,9,11-14H,4-6,8,10H2,(H,24,25,26). The minimum atomic E-state index is 0.720. The Morgan fingerprint density at radius 3 is 3.11 bits per heavy atom. The van der Waals surface area contributed by atoms with Crippen LogP contribution < -0.4 is 5.32 Å². The van der Waals surface area contributed by atoms with Gasteiger partial charge in [-0.2, -0.15) is 0 Å². The fourth-order valence-electron chi connectivity index (χ4n) is 3.97. The van der Waals surface area contributed by atoms with Crippen LogP contribution in [0.3, 0.4) is 0 Å². The van der Waals surface area contributed by atoms with Gasteiger partial charge in [-0.1, -0.05) is 22.0 Å². The lowest BCUT2D eigenvalue weighted by atomic mass is 9.86. The highest BCUT2D eigenvalue weighted by Gasteiger charge is 2.25. The lowest BCUT2D eigenvalue weighted by molar-refractivity contribution is 0.403. The molecule has 0 bridgehead atoms. The number of fused-ring (bicyclic) bond motifs is 3. The van der Waals surface area contributed by atoms with E-state index in [9.17, 15) is 0 Å². The lowest BCUT2D eigenvalue weighted by Gasteiger charge is -2.22. The van der Waals surface area contributed by atoms with Crippen LogP contribution >= 0.6 is 27.3 Å². The molecule has 0 saturated heterocycles. The largest absolute Gasteiger partial charge is 0.340 e. The molecule has 1 unspecified atom stereocenters.